The average molecular weight is 383 g/mol. The number of piperidine rings is 1. The molecule has 8 heteroatoms. The Balaban J connectivity index is 1.60. The SMILES string of the molecule is Cc1cnc(-c2nccnc2C2CCCN(C(=O)c3cc(F)cc(F)c3)C2)[nH]1. The fraction of sp³-hybridized carbons (Fsp3) is 0.300. The van der Waals surface area contributed by atoms with Gasteiger partial charge in [0.15, 0.2) is 5.82 Å². The molecular formula is C20H19F2N5O. The van der Waals surface area contributed by atoms with Crippen LogP contribution in [0, 0.1) is 18.6 Å². The van der Waals surface area contributed by atoms with E-state index >= 15 is 0 Å². The molecule has 1 unspecified atom stereocenters. The molecule has 1 aromatic carbocycles. The highest BCUT2D eigenvalue weighted by atomic mass is 19.1. The molecule has 28 heavy (non-hydrogen) atoms. The van der Waals surface area contributed by atoms with E-state index in [1.807, 2.05) is 6.92 Å². The number of nitrogens with one attached hydrogen (secondary N) is 1. The van der Waals surface area contributed by atoms with E-state index in [9.17, 15) is 13.6 Å². The maximum absolute atomic E-state index is 13.5. The van der Waals surface area contributed by atoms with Crippen LogP contribution in [0.25, 0.3) is 11.5 Å². The number of aryl methyl sites for hydroxylation is 1. The van der Waals surface area contributed by atoms with Gasteiger partial charge in [-0.05, 0) is 31.9 Å². The zero-order valence-electron chi connectivity index (χ0n) is 15.3. The number of aromatic nitrogens is 4. The largest absolute Gasteiger partial charge is 0.341 e. The van der Waals surface area contributed by atoms with Gasteiger partial charge in [-0.3, -0.25) is 9.78 Å². The van der Waals surface area contributed by atoms with Crippen molar-refractivity contribution in [1.29, 1.82) is 0 Å². The second kappa shape index (κ2) is 7.46. The number of benzene rings is 1. The molecule has 1 N–H and O–H groups in total. The lowest BCUT2D eigenvalue weighted by Crippen LogP contribution is -2.39. The molecule has 3 aromatic rings. The number of imidazole rings is 1. The first-order chi connectivity index (χ1) is 13.5. The monoisotopic (exact) mass is 383 g/mol. The highest BCUT2D eigenvalue weighted by Crippen LogP contribution is 2.31. The van der Waals surface area contributed by atoms with Crippen molar-refractivity contribution >= 4 is 5.91 Å². The van der Waals surface area contributed by atoms with Crippen LogP contribution in [-0.2, 0) is 0 Å². The molecule has 1 fully saturated rings. The summed E-state index contributed by atoms with van der Waals surface area (Å²) in [6.07, 6.45) is 6.56. The van der Waals surface area contributed by atoms with Gasteiger partial charge in [0.25, 0.3) is 5.91 Å². The quantitative estimate of drug-likeness (QED) is 0.752. The number of rotatable bonds is 3. The third kappa shape index (κ3) is 3.62. The van der Waals surface area contributed by atoms with E-state index in [0.717, 1.165) is 42.4 Å². The van der Waals surface area contributed by atoms with E-state index in [0.29, 0.717) is 24.6 Å². The summed E-state index contributed by atoms with van der Waals surface area (Å²) < 4.78 is 27.0. The Morgan fingerprint density at radius 2 is 1.89 bits per heavy atom. The molecule has 2 aromatic heterocycles. The zero-order chi connectivity index (χ0) is 19.7. The van der Waals surface area contributed by atoms with Crippen molar-refractivity contribution in [2.45, 2.75) is 25.7 Å². The molecule has 1 atom stereocenters. The maximum Gasteiger partial charge on any atom is 0.254 e. The van der Waals surface area contributed by atoms with Crippen molar-refractivity contribution in [2.75, 3.05) is 13.1 Å². The van der Waals surface area contributed by atoms with Crippen molar-refractivity contribution in [2.24, 2.45) is 0 Å². The van der Waals surface area contributed by atoms with Gasteiger partial charge in [-0.1, -0.05) is 0 Å². The van der Waals surface area contributed by atoms with Crippen LogP contribution in [0.5, 0.6) is 0 Å². The highest BCUT2D eigenvalue weighted by Gasteiger charge is 2.29. The summed E-state index contributed by atoms with van der Waals surface area (Å²) >= 11 is 0. The molecule has 1 aliphatic heterocycles. The van der Waals surface area contributed by atoms with Crippen molar-refractivity contribution in [1.82, 2.24) is 24.8 Å². The Bertz CT molecular complexity index is 999. The maximum atomic E-state index is 13.5. The summed E-state index contributed by atoms with van der Waals surface area (Å²) in [6, 6.07) is 2.88. The number of hydrogen-bond donors (Lipinski definition) is 1. The molecule has 1 amide bonds. The molecule has 1 aliphatic rings. The predicted molar refractivity (Wildman–Crippen MR) is 98.6 cm³/mol. The van der Waals surface area contributed by atoms with Gasteiger partial charge in [0.2, 0.25) is 0 Å². The molecule has 0 radical (unpaired) electrons. The Labute approximate surface area is 160 Å². The van der Waals surface area contributed by atoms with E-state index in [2.05, 4.69) is 19.9 Å². The minimum absolute atomic E-state index is 0.0131. The molecule has 0 saturated carbocycles. The Hall–Kier alpha value is -3.16. The molecule has 6 nitrogen and oxygen atoms in total. The summed E-state index contributed by atoms with van der Waals surface area (Å²) in [5.41, 5.74) is 2.35. The Morgan fingerprint density at radius 1 is 1.14 bits per heavy atom. The summed E-state index contributed by atoms with van der Waals surface area (Å²) in [4.78, 5) is 30.8. The topological polar surface area (TPSA) is 74.8 Å². The van der Waals surface area contributed by atoms with Crippen LogP contribution >= 0.6 is 0 Å². The van der Waals surface area contributed by atoms with Gasteiger partial charge < -0.3 is 9.88 Å². The normalized spacial score (nSPS) is 17.0. The van der Waals surface area contributed by atoms with Gasteiger partial charge in [0.05, 0.1) is 5.69 Å². The molecule has 3 heterocycles. The Morgan fingerprint density at radius 3 is 2.61 bits per heavy atom. The average Bonchev–Trinajstić information content (AvgIpc) is 3.13. The van der Waals surface area contributed by atoms with Crippen LogP contribution in [0.15, 0.2) is 36.8 Å². The van der Waals surface area contributed by atoms with Crippen LogP contribution in [0.4, 0.5) is 8.78 Å². The van der Waals surface area contributed by atoms with Gasteiger partial charge >= 0.3 is 0 Å². The number of halogens is 2. The van der Waals surface area contributed by atoms with E-state index < -0.39 is 11.6 Å². The van der Waals surface area contributed by atoms with Crippen LogP contribution in [0.2, 0.25) is 0 Å². The first kappa shape index (κ1) is 18.2. The lowest BCUT2D eigenvalue weighted by Gasteiger charge is -2.33. The number of aromatic amines is 1. The number of carbonyl (C=O) groups excluding carboxylic acids is 1. The van der Waals surface area contributed by atoms with Gasteiger partial charge in [-0.15, -0.1) is 0 Å². The van der Waals surface area contributed by atoms with E-state index in [1.165, 1.54) is 0 Å². The van der Waals surface area contributed by atoms with Crippen LogP contribution in [-0.4, -0.2) is 43.8 Å². The summed E-state index contributed by atoms with van der Waals surface area (Å²) in [5, 5.41) is 0. The highest BCUT2D eigenvalue weighted by molar-refractivity contribution is 5.94. The lowest BCUT2D eigenvalue weighted by molar-refractivity contribution is 0.0705. The minimum Gasteiger partial charge on any atom is -0.341 e. The zero-order valence-corrected chi connectivity index (χ0v) is 15.3. The molecule has 144 valence electrons. The van der Waals surface area contributed by atoms with Gasteiger partial charge in [0.1, 0.15) is 17.3 Å². The van der Waals surface area contributed by atoms with E-state index in [1.54, 1.807) is 23.5 Å². The molecule has 0 aliphatic carbocycles. The standard InChI is InChI=1S/C20H19F2N5O/c1-12-10-25-19(26-12)18-17(23-4-5-24-18)13-3-2-6-27(11-13)20(28)14-7-15(21)9-16(22)8-14/h4-5,7-10,13H,2-3,6,11H2,1H3,(H,25,26). The predicted octanol–water partition coefficient (Wildman–Crippen LogP) is 3.47. The van der Waals surface area contributed by atoms with Gasteiger partial charge in [-0.2, -0.15) is 0 Å². The van der Waals surface area contributed by atoms with E-state index in [4.69, 9.17) is 0 Å². The first-order valence-corrected chi connectivity index (χ1v) is 9.09. The first-order valence-electron chi connectivity index (χ1n) is 9.09. The molecule has 0 bridgehead atoms. The second-order valence-corrected chi connectivity index (χ2v) is 6.95. The van der Waals surface area contributed by atoms with Crippen molar-refractivity contribution in [3.63, 3.8) is 0 Å². The summed E-state index contributed by atoms with van der Waals surface area (Å²) in [7, 11) is 0. The Kier molecular flexibility index (Phi) is 4.85. The van der Waals surface area contributed by atoms with Crippen LogP contribution < -0.4 is 0 Å². The van der Waals surface area contributed by atoms with Gasteiger partial charge in [0, 0.05) is 54.9 Å². The summed E-state index contributed by atoms with van der Waals surface area (Å²) in [6.45, 7) is 2.84. The van der Waals surface area contributed by atoms with Gasteiger partial charge in [-0.25, -0.2) is 18.7 Å². The number of H-pyrrole nitrogens is 1. The third-order valence-electron chi connectivity index (χ3n) is 4.86. The number of amides is 1. The second-order valence-electron chi connectivity index (χ2n) is 6.95. The molecule has 1 saturated heterocycles. The van der Waals surface area contributed by atoms with E-state index in [-0.39, 0.29) is 17.4 Å². The number of carbonyl (C=O) groups is 1. The molecular weight excluding hydrogens is 364 g/mol. The summed E-state index contributed by atoms with van der Waals surface area (Å²) in [5.74, 6) is -1.31. The molecule has 0 spiro atoms. The fourth-order valence-electron chi connectivity index (χ4n) is 3.61. The fourth-order valence-corrected chi connectivity index (χ4v) is 3.61. The van der Waals surface area contributed by atoms with Crippen molar-refractivity contribution < 1.29 is 13.6 Å². The number of nitrogens with zero attached hydrogens (tertiary/aromatic N) is 4. The smallest absolute Gasteiger partial charge is 0.254 e. The van der Waals surface area contributed by atoms with Crippen molar-refractivity contribution in [3.05, 3.63) is 65.4 Å². The van der Waals surface area contributed by atoms with Crippen LogP contribution in [0.3, 0.4) is 0 Å². The number of likely N-dealkylation sites (tertiary alicyclic amines) is 1. The van der Waals surface area contributed by atoms with Crippen LogP contribution in [0.1, 0.15) is 40.5 Å². The lowest BCUT2D eigenvalue weighted by atomic mass is 9.92. The minimum atomic E-state index is -0.763. The van der Waals surface area contributed by atoms with Crippen molar-refractivity contribution in [3.8, 4) is 11.5 Å². The third-order valence-corrected chi connectivity index (χ3v) is 4.86. The molecule has 4 rings (SSSR count). The number of hydrogen-bond acceptors (Lipinski definition) is 4.